The number of rotatable bonds is 1. The van der Waals surface area contributed by atoms with Gasteiger partial charge in [-0.2, -0.15) is 0 Å². The third-order valence-electron chi connectivity index (χ3n) is 3.12. The van der Waals surface area contributed by atoms with E-state index in [9.17, 15) is 0 Å². The fourth-order valence-electron chi connectivity index (χ4n) is 2.08. The Bertz CT molecular complexity index is 507. The van der Waals surface area contributed by atoms with E-state index in [1.165, 1.54) is 33.4 Å². The number of aromatic nitrogens is 1. The van der Waals surface area contributed by atoms with Crippen LogP contribution in [0.3, 0.4) is 0 Å². The predicted molar refractivity (Wildman–Crippen MR) is 66.8 cm³/mol. The first-order valence-electron chi connectivity index (χ1n) is 5.28. The van der Waals surface area contributed by atoms with E-state index in [4.69, 9.17) is 0 Å². The van der Waals surface area contributed by atoms with Crippen molar-refractivity contribution in [2.45, 2.75) is 20.8 Å². The lowest BCUT2D eigenvalue weighted by atomic mass is 10.1. The third-order valence-corrected chi connectivity index (χ3v) is 3.12. The van der Waals surface area contributed by atoms with Gasteiger partial charge in [0.2, 0.25) is 0 Å². The average molecular weight is 202 g/mol. The summed E-state index contributed by atoms with van der Waals surface area (Å²) in [6.07, 6.45) is 0. The highest BCUT2D eigenvalue weighted by atomic mass is 15.1. The molecule has 1 N–H and O–H groups in total. The Balaban J connectivity index is 2.90. The van der Waals surface area contributed by atoms with Crippen LogP contribution >= 0.6 is 0 Å². The number of nitrogens with one attached hydrogen (secondary N) is 1. The van der Waals surface area contributed by atoms with Crippen molar-refractivity contribution in [1.82, 2.24) is 4.98 Å². The first-order chi connectivity index (χ1) is 7.02. The second-order valence-electron chi connectivity index (χ2n) is 4.42. The van der Waals surface area contributed by atoms with Gasteiger partial charge in [0.1, 0.15) is 0 Å². The summed E-state index contributed by atoms with van der Waals surface area (Å²) in [5.41, 5.74) is 6.50. The molecule has 1 aromatic heterocycles. The van der Waals surface area contributed by atoms with Gasteiger partial charge in [0.15, 0.2) is 0 Å². The van der Waals surface area contributed by atoms with Gasteiger partial charge in [0.05, 0.1) is 5.52 Å². The van der Waals surface area contributed by atoms with Crippen LogP contribution < -0.4 is 4.90 Å². The van der Waals surface area contributed by atoms with Crippen molar-refractivity contribution < 1.29 is 0 Å². The average Bonchev–Trinajstić information content (AvgIpc) is 2.46. The van der Waals surface area contributed by atoms with Crippen molar-refractivity contribution in [2.75, 3.05) is 19.0 Å². The summed E-state index contributed by atoms with van der Waals surface area (Å²) < 4.78 is 0. The molecular formula is C13H18N2. The number of H-pyrrole nitrogens is 1. The normalized spacial score (nSPS) is 11.0. The van der Waals surface area contributed by atoms with Gasteiger partial charge < -0.3 is 9.88 Å². The second-order valence-corrected chi connectivity index (χ2v) is 4.42. The molecule has 1 aromatic carbocycles. The van der Waals surface area contributed by atoms with Crippen LogP contribution in [0.5, 0.6) is 0 Å². The summed E-state index contributed by atoms with van der Waals surface area (Å²) in [5, 5.41) is 1.36. The SMILES string of the molecule is Cc1[nH]c2c(C)ccc(N(C)C)c2c1C. The van der Waals surface area contributed by atoms with Crippen LogP contribution in [0.1, 0.15) is 16.8 Å². The molecule has 0 saturated heterocycles. The van der Waals surface area contributed by atoms with Gasteiger partial charge >= 0.3 is 0 Å². The van der Waals surface area contributed by atoms with Crippen molar-refractivity contribution in [3.8, 4) is 0 Å². The van der Waals surface area contributed by atoms with E-state index in [0.29, 0.717) is 0 Å². The molecule has 0 spiro atoms. The van der Waals surface area contributed by atoms with Crippen molar-refractivity contribution in [3.63, 3.8) is 0 Å². The zero-order chi connectivity index (χ0) is 11.2. The van der Waals surface area contributed by atoms with Crippen LogP contribution in [-0.2, 0) is 0 Å². The Hall–Kier alpha value is -1.44. The molecule has 0 aliphatic rings. The minimum absolute atomic E-state index is 1.27. The molecule has 0 amide bonds. The summed E-state index contributed by atoms with van der Waals surface area (Å²) in [7, 11) is 4.18. The van der Waals surface area contributed by atoms with Crippen LogP contribution in [0, 0.1) is 20.8 Å². The molecule has 0 unspecified atom stereocenters. The molecule has 2 aromatic rings. The number of aryl methyl sites for hydroxylation is 3. The van der Waals surface area contributed by atoms with Gasteiger partial charge in [-0.15, -0.1) is 0 Å². The molecule has 0 fully saturated rings. The number of anilines is 1. The molecule has 2 heteroatoms. The summed E-state index contributed by atoms with van der Waals surface area (Å²) >= 11 is 0. The Kier molecular flexibility index (Phi) is 2.22. The molecule has 0 bridgehead atoms. The van der Waals surface area contributed by atoms with E-state index in [0.717, 1.165) is 0 Å². The highest BCUT2D eigenvalue weighted by Gasteiger charge is 2.11. The van der Waals surface area contributed by atoms with E-state index in [2.05, 4.69) is 56.9 Å². The number of benzene rings is 1. The van der Waals surface area contributed by atoms with Crippen LogP contribution in [-0.4, -0.2) is 19.1 Å². The van der Waals surface area contributed by atoms with Crippen LogP contribution in [0.2, 0.25) is 0 Å². The lowest BCUT2D eigenvalue weighted by molar-refractivity contribution is 1.14. The van der Waals surface area contributed by atoms with E-state index in [-0.39, 0.29) is 0 Å². The Labute approximate surface area is 90.9 Å². The molecule has 0 aliphatic carbocycles. The van der Waals surface area contributed by atoms with Gasteiger partial charge in [0.25, 0.3) is 0 Å². The molecule has 0 radical (unpaired) electrons. The fourth-order valence-corrected chi connectivity index (χ4v) is 2.08. The first-order valence-corrected chi connectivity index (χ1v) is 5.28. The third kappa shape index (κ3) is 1.41. The maximum Gasteiger partial charge on any atom is 0.0509 e. The van der Waals surface area contributed by atoms with Crippen LogP contribution in [0.25, 0.3) is 10.9 Å². The second kappa shape index (κ2) is 3.30. The molecule has 0 saturated carbocycles. The van der Waals surface area contributed by atoms with Crippen LogP contribution in [0.15, 0.2) is 12.1 Å². The van der Waals surface area contributed by atoms with Crippen molar-refractivity contribution in [1.29, 1.82) is 0 Å². The quantitative estimate of drug-likeness (QED) is 0.752. The summed E-state index contributed by atoms with van der Waals surface area (Å²) in [6.45, 7) is 6.46. The molecule has 0 atom stereocenters. The smallest absolute Gasteiger partial charge is 0.0509 e. The van der Waals surface area contributed by atoms with Gasteiger partial charge in [-0.3, -0.25) is 0 Å². The zero-order valence-corrected chi connectivity index (χ0v) is 10.1. The minimum atomic E-state index is 1.27. The minimum Gasteiger partial charge on any atom is -0.377 e. The Morgan fingerprint density at radius 1 is 1.07 bits per heavy atom. The maximum absolute atomic E-state index is 3.46. The summed E-state index contributed by atoms with van der Waals surface area (Å²) in [6, 6.07) is 4.37. The molecule has 2 rings (SSSR count). The lowest BCUT2D eigenvalue weighted by Gasteiger charge is -2.15. The number of hydrogen-bond donors (Lipinski definition) is 1. The van der Waals surface area contributed by atoms with E-state index in [1.807, 2.05) is 0 Å². The molecule has 1 heterocycles. The lowest BCUT2D eigenvalue weighted by Crippen LogP contribution is -2.09. The zero-order valence-electron chi connectivity index (χ0n) is 10.1. The van der Waals surface area contributed by atoms with Gasteiger partial charge in [-0.1, -0.05) is 6.07 Å². The van der Waals surface area contributed by atoms with E-state index < -0.39 is 0 Å². The molecule has 15 heavy (non-hydrogen) atoms. The van der Waals surface area contributed by atoms with Gasteiger partial charge in [-0.25, -0.2) is 0 Å². The maximum atomic E-state index is 3.46. The van der Waals surface area contributed by atoms with E-state index >= 15 is 0 Å². The van der Waals surface area contributed by atoms with Crippen molar-refractivity contribution >= 4 is 16.6 Å². The van der Waals surface area contributed by atoms with E-state index in [1.54, 1.807) is 0 Å². The molecular weight excluding hydrogens is 184 g/mol. The van der Waals surface area contributed by atoms with Crippen molar-refractivity contribution in [3.05, 3.63) is 29.0 Å². The fraction of sp³-hybridized carbons (Fsp3) is 0.385. The number of fused-ring (bicyclic) bond motifs is 1. The highest BCUT2D eigenvalue weighted by Crippen LogP contribution is 2.32. The number of nitrogens with zero attached hydrogens (tertiary/aromatic N) is 1. The van der Waals surface area contributed by atoms with Crippen molar-refractivity contribution in [2.24, 2.45) is 0 Å². The number of hydrogen-bond acceptors (Lipinski definition) is 1. The number of aromatic amines is 1. The monoisotopic (exact) mass is 202 g/mol. The largest absolute Gasteiger partial charge is 0.377 e. The van der Waals surface area contributed by atoms with Gasteiger partial charge in [-0.05, 0) is 38.0 Å². The topological polar surface area (TPSA) is 19.0 Å². The predicted octanol–water partition coefficient (Wildman–Crippen LogP) is 3.16. The summed E-state index contributed by atoms with van der Waals surface area (Å²) in [4.78, 5) is 5.63. The van der Waals surface area contributed by atoms with Crippen LogP contribution in [0.4, 0.5) is 5.69 Å². The first kappa shape index (κ1) is 10.1. The summed E-state index contributed by atoms with van der Waals surface area (Å²) in [5.74, 6) is 0. The molecule has 80 valence electrons. The molecule has 0 aliphatic heterocycles. The Morgan fingerprint density at radius 2 is 1.73 bits per heavy atom. The highest BCUT2D eigenvalue weighted by molar-refractivity contribution is 5.97. The molecule has 2 nitrogen and oxygen atoms in total. The Morgan fingerprint density at radius 3 is 2.33 bits per heavy atom. The van der Waals surface area contributed by atoms with Gasteiger partial charge in [0, 0.05) is 30.9 Å². The standard InChI is InChI=1S/C13H18N2/c1-8-6-7-11(15(4)5)12-9(2)10(3)14-13(8)12/h6-7,14H,1-5H3.